The molecule has 0 saturated carbocycles. The zero-order valence-electron chi connectivity index (χ0n) is 20.7. The molecular formula is C28H21ClI2N2O4S2. The number of carbonyl (C=O) groups excluding carboxylic acids is 1. The van der Waals surface area contributed by atoms with Crippen LogP contribution in [0.5, 0.6) is 5.75 Å². The Morgan fingerprint density at radius 3 is 2.59 bits per heavy atom. The molecule has 0 N–H and O–H groups in total. The molecule has 11 heteroatoms. The summed E-state index contributed by atoms with van der Waals surface area (Å²) < 4.78 is 15.4. The van der Waals surface area contributed by atoms with Crippen molar-refractivity contribution < 1.29 is 14.3 Å². The number of rotatable bonds is 7. The highest BCUT2D eigenvalue weighted by Gasteiger charge is 2.33. The van der Waals surface area contributed by atoms with Gasteiger partial charge >= 0.3 is 5.97 Å². The molecule has 0 saturated heterocycles. The molecule has 1 aliphatic heterocycles. The summed E-state index contributed by atoms with van der Waals surface area (Å²) in [5.74, 6) is 0.310. The fourth-order valence-electron chi connectivity index (χ4n) is 4.22. The van der Waals surface area contributed by atoms with Gasteiger partial charge in [0.15, 0.2) is 4.80 Å². The van der Waals surface area contributed by atoms with E-state index in [0.717, 1.165) is 28.9 Å². The summed E-state index contributed by atoms with van der Waals surface area (Å²) in [6.45, 7) is 4.15. The molecule has 4 aromatic rings. The summed E-state index contributed by atoms with van der Waals surface area (Å²) in [7, 11) is 0. The minimum atomic E-state index is -0.580. The number of hydrogen-bond acceptors (Lipinski definition) is 7. The molecule has 200 valence electrons. The first-order valence-electron chi connectivity index (χ1n) is 11.9. The van der Waals surface area contributed by atoms with Gasteiger partial charge in [-0.1, -0.05) is 47.2 Å². The number of aromatic nitrogens is 1. The molecule has 0 radical (unpaired) electrons. The van der Waals surface area contributed by atoms with Gasteiger partial charge in [-0.25, -0.2) is 9.79 Å². The van der Waals surface area contributed by atoms with Crippen molar-refractivity contribution in [1.82, 2.24) is 4.57 Å². The van der Waals surface area contributed by atoms with Gasteiger partial charge in [-0.15, -0.1) is 11.3 Å². The van der Waals surface area contributed by atoms with E-state index in [0.29, 0.717) is 32.2 Å². The van der Waals surface area contributed by atoms with Crippen LogP contribution in [-0.4, -0.2) is 17.1 Å². The van der Waals surface area contributed by atoms with Crippen molar-refractivity contribution in [2.24, 2.45) is 4.99 Å². The van der Waals surface area contributed by atoms with Gasteiger partial charge in [0, 0.05) is 15.5 Å². The lowest BCUT2D eigenvalue weighted by molar-refractivity contribution is -0.139. The zero-order valence-corrected chi connectivity index (χ0v) is 27.4. The first-order valence-corrected chi connectivity index (χ1v) is 16.1. The van der Waals surface area contributed by atoms with Crippen LogP contribution in [0.25, 0.3) is 6.08 Å². The highest BCUT2D eigenvalue weighted by Crippen LogP contribution is 2.33. The van der Waals surface area contributed by atoms with Crippen LogP contribution in [0.15, 0.2) is 75.0 Å². The standard InChI is InChI=1S/C28H21ClI2N2O4S2/c1-3-36-27(35)23-15(2)32-28-33(24(23)21-9-6-10-38-21)26(34)22(39-28)13-16-11-19(30)25(20(31)12-16)37-14-17-7-4-5-8-18(17)29/h4-13,24H,3,14H2,1-2H3/b22-13+/t24-/m0/s1. The minimum Gasteiger partial charge on any atom is -0.487 e. The molecule has 1 aliphatic rings. The van der Waals surface area contributed by atoms with E-state index < -0.39 is 12.0 Å². The smallest absolute Gasteiger partial charge is 0.338 e. The van der Waals surface area contributed by atoms with Crippen molar-refractivity contribution >= 4 is 91.5 Å². The van der Waals surface area contributed by atoms with Crippen LogP contribution in [0, 0.1) is 7.14 Å². The van der Waals surface area contributed by atoms with E-state index in [4.69, 9.17) is 21.1 Å². The lowest BCUT2D eigenvalue weighted by Gasteiger charge is -2.23. The maximum absolute atomic E-state index is 13.8. The largest absolute Gasteiger partial charge is 0.487 e. The third-order valence-corrected chi connectivity index (χ3v) is 9.86. The number of fused-ring (bicyclic) bond motifs is 1. The quantitative estimate of drug-likeness (QED) is 0.163. The molecule has 5 rings (SSSR count). The van der Waals surface area contributed by atoms with E-state index in [1.54, 1.807) is 18.4 Å². The molecule has 0 spiro atoms. The van der Waals surface area contributed by atoms with Crippen molar-refractivity contribution in [3.63, 3.8) is 0 Å². The van der Waals surface area contributed by atoms with E-state index in [2.05, 4.69) is 50.2 Å². The molecule has 0 unspecified atom stereocenters. The van der Waals surface area contributed by atoms with Crippen LogP contribution < -0.4 is 19.6 Å². The third-order valence-electron chi connectivity index (χ3n) is 5.98. The Kier molecular flexibility index (Phi) is 8.96. The zero-order chi connectivity index (χ0) is 27.7. The van der Waals surface area contributed by atoms with Gasteiger partial charge in [-0.3, -0.25) is 9.36 Å². The third kappa shape index (κ3) is 5.90. The number of esters is 1. The Bertz CT molecular complexity index is 1750. The maximum atomic E-state index is 13.8. The van der Waals surface area contributed by atoms with Gasteiger partial charge < -0.3 is 9.47 Å². The Balaban J connectivity index is 1.54. The minimum absolute atomic E-state index is 0.199. The van der Waals surface area contributed by atoms with Crippen molar-refractivity contribution in [3.8, 4) is 5.75 Å². The van der Waals surface area contributed by atoms with Gasteiger partial charge in [-0.05, 0) is 100 Å². The van der Waals surface area contributed by atoms with Crippen LogP contribution in [0.3, 0.4) is 0 Å². The molecular weight excluding hydrogens is 782 g/mol. The van der Waals surface area contributed by atoms with Crippen LogP contribution in [0.2, 0.25) is 5.02 Å². The normalized spacial score (nSPS) is 15.2. The number of carbonyl (C=O) groups is 1. The van der Waals surface area contributed by atoms with Gasteiger partial charge in [0.25, 0.3) is 5.56 Å². The van der Waals surface area contributed by atoms with Gasteiger partial charge in [0.2, 0.25) is 0 Å². The lowest BCUT2D eigenvalue weighted by atomic mass is 10.0. The second kappa shape index (κ2) is 12.2. The van der Waals surface area contributed by atoms with Crippen LogP contribution >= 0.6 is 79.5 Å². The number of thiophene rings is 1. The van der Waals surface area contributed by atoms with Crippen LogP contribution in [-0.2, 0) is 16.1 Å². The molecule has 0 amide bonds. The van der Waals surface area contributed by atoms with Crippen molar-refractivity contribution in [1.29, 1.82) is 0 Å². The van der Waals surface area contributed by atoms with Crippen molar-refractivity contribution in [3.05, 3.63) is 113 Å². The summed E-state index contributed by atoms with van der Waals surface area (Å²) in [6, 6.07) is 14.8. The molecule has 6 nitrogen and oxygen atoms in total. The second-order valence-electron chi connectivity index (χ2n) is 8.51. The fourth-order valence-corrected chi connectivity index (χ4v) is 8.41. The summed E-state index contributed by atoms with van der Waals surface area (Å²) in [6.07, 6.45) is 1.86. The van der Waals surface area contributed by atoms with Crippen molar-refractivity contribution in [2.75, 3.05) is 6.61 Å². The summed E-state index contributed by atoms with van der Waals surface area (Å²) >= 11 is 13.6. The number of halogens is 3. The SMILES string of the molecule is CCOC(=O)C1=C(C)N=c2s/c(=C/c3cc(I)c(OCc4ccccc4Cl)c(I)c3)c(=O)n2[C@H]1c1cccs1. The molecule has 0 fully saturated rings. The molecule has 0 bridgehead atoms. The van der Waals surface area contributed by atoms with E-state index in [1.807, 2.05) is 60.0 Å². The number of nitrogens with zero attached hydrogens (tertiary/aromatic N) is 2. The summed E-state index contributed by atoms with van der Waals surface area (Å²) in [5.41, 5.74) is 2.53. The highest BCUT2D eigenvalue weighted by molar-refractivity contribution is 14.1. The van der Waals surface area contributed by atoms with Gasteiger partial charge in [0.05, 0.1) is 29.5 Å². The topological polar surface area (TPSA) is 69.9 Å². The Labute approximate surface area is 264 Å². The second-order valence-corrected chi connectivity index (χ2v) is 13.2. The first kappa shape index (κ1) is 28.5. The Morgan fingerprint density at radius 1 is 1.18 bits per heavy atom. The van der Waals surface area contributed by atoms with Crippen molar-refractivity contribution in [2.45, 2.75) is 26.5 Å². The number of allylic oxidation sites excluding steroid dienone is 1. The van der Waals surface area contributed by atoms with E-state index >= 15 is 0 Å². The Hall–Kier alpha value is -2.00. The number of thiazole rings is 1. The average Bonchev–Trinajstić information content (AvgIpc) is 3.52. The van der Waals surface area contributed by atoms with Gasteiger partial charge in [-0.2, -0.15) is 0 Å². The molecule has 0 aliphatic carbocycles. The predicted molar refractivity (Wildman–Crippen MR) is 172 cm³/mol. The van der Waals surface area contributed by atoms with E-state index in [-0.39, 0.29) is 12.2 Å². The monoisotopic (exact) mass is 802 g/mol. The molecule has 2 aromatic heterocycles. The van der Waals surface area contributed by atoms with Crippen LogP contribution in [0.4, 0.5) is 0 Å². The predicted octanol–water partition coefficient (Wildman–Crippen LogP) is 6.30. The molecule has 2 aromatic carbocycles. The van der Waals surface area contributed by atoms with E-state index in [1.165, 1.54) is 22.7 Å². The fraction of sp³-hybridized carbons (Fsp3) is 0.179. The number of benzene rings is 2. The number of hydrogen-bond donors (Lipinski definition) is 0. The van der Waals surface area contributed by atoms with E-state index in [9.17, 15) is 9.59 Å². The molecule has 39 heavy (non-hydrogen) atoms. The maximum Gasteiger partial charge on any atom is 0.338 e. The number of ether oxygens (including phenoxy) is 2. The summed E-state index contributed by atoms with van der Waals surface area (Å²) in [4.78, 5) is 32.7. The molecule has 3 heterocycles. The first-order chi connectivity index (χ1) is 18.8. The molecule has 1 atom stereocenters. The Morgan fingerprint density at radius 2 is 1.92 bits per heavy atom. The average molecular weight is 803 g/mol. The van der Waals surface area contributed by atoms with Gasteiger partial charge in [0.1, 0.15) is 18.4 Å². The lowest BCUT2D eigenvalue weighted by Crippen LogP contribution is -2.39. The van der Waals surface area contributed by atoms with Crippen LogP contribution in [0.1, 0.15) is 35.9 Å². The highest BCUT2D eigenvalue weighted by atomic mass is 127. The summed E-state index contributed by atoms with van der Waals surface area (Å²) in [5, 5.41) is 2.60.